The Morgan fingerprint density at radius 2 is 0.927 bits per heavy atom. The second-order valence-corrected chi connectivity index (χ2v) is 19.7. The zero-order valence-corrected chi connectivity index (χ0v) is 26.9. The van der Waals surface area contributed by atoms with Crippen molar-refractivity contribution in [3.8, 4) is 22.3 Å². The summed E-state index contributed by atoms with van der Waals surface area (Å²) in [4.78, 5) is 0. The van der Waals surface area contributed by atoms with Crippen LogP contribution in [-0.2, 0) is 16.6 Å². The molecule has 3 aliphatic carbocycles. The van der Waals surface area contributed by atoms with Gasteiger partial charge in [-0.05, 0) is 0 Å². The molecule has 1 aliphatic heterocycles. The number of halogens is 2. The zero-order chi connectivity index (χ0) is 26.1. The minimum absolute atomic E-state index is 0. The molecule has 0 aromatic heterocycles. The van der Waals surface area contributed by atoms with Gasteiger partial charge in [0.15, 0.2) is 0 Å². The normalized spacial score (nSPS) is 25.3. The first-order valence-corrected chi connectivity index (χ1v) is 18.5. The third-order valence-corrected chi connectivity index (χ3v) is 21.8. The number of hydrogen-bond donors (Lipinski definition) is 0. The van der Waals surface area contributed by atoms with E-state index in [-0.39, 0.29) is 24.8 Å². The van der Waals surface area contributed by atoms with Gasteiger partial charge in [-0.25, -0.2) is 0 Å². The summed E-state index contributed by atoms with van der Waals surface area (Å²) in [6, 6.07) is 36.5. The van der Waals surface area contributed by atoms with Crippen LogP contribution in [0.4, 0.5) is 0 Å². The summed E-state index contributed by atoms with van der Waals surface area (Å²) in [7, 11) is 0. The third-order valence-electron chi connectivity index (χ3n) is 10.7. The van der Waals surface area contributed by atoms with Gasteiger partial charge in [0.2, 0.25) is 0 Å². The molecule has 4 unspecified atom stereocenters. The average molecular weight is 611 g/mol. The summed E-state index contributed by atoms with van der Waals surface area (Å²) in [5.74, 6) is 0. The second kappa shape index (κ2) is 11.1. The van der Waals surface area contributed by atoms with Crippen LogP contribution in [0.15, 0.2) is 108 Å². The van der Waals surface area contributed by atoms with Gasteiger partial charge >= 0.3 is 238 Å². The van der Waals surface area contributed by atoms with Crippen LogP contribution in [0.5, 0.6) is 0 Å². The standard InChI is InChI=1S/2C16H13.C6H10.2ClH.Ti/c2*1-12-10-14-8-5-9-15(16(14)11-12)13-6-3-2-4-7-13;1-2-4-6-5-3-1;;;/h2*2-11H,1H3;1-2H,3-6H2;2*1H;/q;;;;;+2/p-2. The van der Waals surface area contributed by atoms with Crippen LogP contribution in [0.1, 0.15) is 70.2 Å². The molecule has 1 heterocycles. The van der Waals surface area contributed by atoms with E-state index in [1.54, 1.807) is 22.3 Å². The molecular formula is C38H36Cl2Ti. The monoisotopic (exact) mass is 610 g/mol. The summed E-state index contributed by atoms with van der Waals surface area (Å²) >= 11 is -2.52. The first-order valence-electron chi connectivity index (χ1n) is 14.9. The van der Waals surface area contributed by atoms with Gasteiger partial charge in [-0.15, -0.1) is 0 Å². The molecule has 1 saturated carbocycles. The molecule has 41 heavy (non-hydrogen) atoms. The number of hydrogen-bond acceptors (Lipinski definition) is 0. The Morgan fingerprint density at radius 3 is 1.34 bits per heavy atom. The number of fused-ring (bicyclic) bond motifs is 3. The first kappa shape index (κ1) is 28.8. The van der Waals surface area contributed by atoms with Crippen molar-refractivity contribution >= 4 is 12.2 Å². The van der Waals surface area contributed by atoms with E-state index in [4.69, 9.17) is 0 Å². The Kier molecular flexibility index (Phi) is 7.75. The fourth-order valence-electron chi connectivity index (χ4n) is 9.41. The predicted octanol–water partition coefficient (Wildman–Crippen LogP) is 4.96. The maximum atomic E-state index is 2.59. The molecular weight excluding hydrogens is 575 g/mol. The SMILES string of the molecule is CC1=Cc2c(-c3ccccc3)cccc2[CH]1[Ti+2]1([CH]2C(C)=Cc3c(-c4ccccc4)cccc32)[CH]2CCCC[CH]21.[Cl-].[Cl-]. The van der Waals surface area contributed by atoms with Crippen molar-refractivity contribution in [3.63, 3.8) is 0 Å². The Morgan fingerprint density at radius 1 is 0.512 bits per heavy atom. The molecule has 1 saturated heterocycles. The topological polar surface area (TPSA) is 0 Å². The Bertz CT molecular complexity index is 1530. The molecule has 8 rings (SSSR count). The molecule has 0 spiro atoms. The molecule has 0 bridgehead atoms. The van der Waals surface area contributed by atoms with Crippen LogP contribution >= 0.6 is 0 Å². The molecule has 206 valence electrons. The maximum absolute atomic E-state index is 2.59. The van der Waals surface area contributed by atoms with Crippen molar-refractivity contribution in [2.24, 2.45) is 0 Å². The molecule has 0 amide bonds. The summed E-state index contributed by atoms with van der Waals surface area (Å²) in [5, 5.41) is 0. The molecule has 0 N–H and O–H groups in total. The van der Waals surface area contributed by atoms with Crippen LogP contribution < -0.4 is 24.8 Å². The van der Waals surface area contributed by atoms with Crippen LogP contribution in [-0.4, -0.2) is 0 Å². The van der Waals surface area contributed by atoms with Crippen LogP contribution in [0.3, 0.4) is 0 Å². The van der Waals surface area contributed by atoms with Crippen molar-refractivity contribution in [2.75, 3.05) is 0 Å². The number of benzene rings is 4. The molecule has 4 aromatic carbocycles. The number of allylic oxidation sites excluding steroid dienone is 2. The third kappa shape index (κ3) is 4.21. The van der Waals surface area contributed by atoms with Crippen LogP contribution in [0, 0.1) is 0 Å². The van der Waals surface area contributed by atoms with E-state index in [1.807, 2.05) is 0 Å². The minimum Gasteiger partial charge on any atom is -1.00 e. The first-order chi connectivity index (χ1) is 19.2. The van der Waals surface area contributed by atoms with Crippen LogP contribution in [0.25, 0.3) is 34.4 Å². The molecule has 4 aromatic rings. The molecule has 2 fully saturated rings. The maximum Gasteiger partial charge on any atom is -1.00 e. The van der Waals surface area contributed by atoms with Gasteiger partial charge in [0.25, 0.3) is 0 Å². The van der Waals surface area contributed by atoms with Crippen LogP contribution in [0.2, 0.25) is 8.45 Å². The van der Waals surface area contributed by atoms with Crippen molar-refractivity contribution in [1.82, 2.24) is 0 Å². The molecule has 0 nitrogen and oxygen atoms in total. The van der Waals surface area contributed by atoms with E-state index in [9.17, 15) is 0 Å². The Hall–Kier alpha value is -2.35. The minimum atomic E-state index is -2.52. The van der Waals surface area contributed by atoms with E-state index < -0.39 is 16.6 Å². The quantitative estimate of drug-likeness (QED) is 0.287. The molecule has 0 radical (unpaired) electrons. The van der Waals surface area contributed by atoms with Crippen molar-refractivity contribution in [2.45, 2.75) is 56.4 Å². The Balaban J connectivity index is 0.00000151. The predicted molar refractivity (Wildman–Crippen MR) is 163 cm³/mol. The molecule has 4 aliphatic rings. The van der Waals surface area contributed by atoms with Gasteiger partial charge in [0, 0.05) is 0 Å². The average Bonchev–Trinajstić information content (AvgIpc) is 3.29. The van der Waals surface area contributed by atoms with Crippen molar-refractivity contribution in [1.29, 1.82) is 0 Å². The number of rotatable bonds is 4. The second-order valence-electron chi connectivity index (χ2n) is 12.5. The van der Waals surface area contributed by atoms with Gasteiger partial charge in [0.1, 0.15) is 0 Å². The van der Waals surface area contributed by atoms with E-state index in [2.05, 4.69) is 123 Å². The fourth-order valence-corrected chi connectivity index (χ4v) is 23.6. The van der Waals surface area contributed by atoms with Gasteiger partial charge in [-0.1, -0.05) is 0 Å². The molecule has 3 heteroatoms. The van der Waals surface area contributed by atoms with Crippen molar-refractivity contribution in [3.05, 3.63) is 130 Å². The largest absolute Gasteiger partial charge is 1.00 e. The summed E-state index contributed by atoms with van der Waals surface area (Å²) in [6.45, 7) is 4.96. The fraction of sp³-hybridized carbons (Fsp3) is 0.263. The van der Waals surface area contributed by atoms with Gasteiger partial charge in [-0.3, -0.25) is 0 Å². The zero-order valence-electron chi connectivity index (χ0n) is 23.8. The Labute approximate surface area is 261 Å². The van der Waals surface area contributed by atoms with E-state index in [0.717, 1.165) is 8.45 Å². The van der Waals surface area contributed by atoms with Crippen molar-refractivity contribution < 1.29 is 41.4 Å². The molecule has 4 atom stereocenters. The smallest absolute Gasteiger partial charge is 1.00 e. The van der Waals surface area contributed by atoms with Gasteiger partial charge in [0.05, 0.1) is 0 Å². The summed E-state index contributed by atoms with van der Waals surface area (Å²) in [6.07, 6.45) is 11.0. The van der Waals surface area contributed by atoms with E-state index in [0.29, 0.717) is 8.45 Å². The van der Waals surface area contributed by atoms with E-state index >= 15 is 0 Å². The van der Waals surface area contributed by atoms with Gasteiger partial charge in [-0.2, -0.15) is 0 Å². The van der Waals surface area contributed by atoms with Gasteiger partial charge < -0.3 is 24.8 Å². The summed E-state index contributed by atoms with van der Waals surface area (Å²) in [5.41, 5.74) is 15.2. The van der Waals surface area contributed by atoms with E-state index in [1.165, 1.54) is 59.1 Å². The summed E-state index contributed by atoms with van der Waals surface area (Å²) < 4.78 is 3.35.